The summed E-state index contributed by atoms with van der Waals surface area (Å²) in [6, 6.07) is 7.16. The average Bonchev–Trinajstić information content (AvgIpc) is 2.75. The van der Waals surface area contributed by atoms with Crippen LogP contribution in [0.1, 0.15) is 20.8 Å². The predicted molar refractivity (Wildman–Crippen MR) is 72.8 cm³/mol. The Balaban J connectivity index is 2.48. The fourth-order valence-corrected chi connectivity index (χ4v) is 2.62. The molecule has 1 heterocycles. The fourth-order valence-electron chi connectivity index (χ4n) is 1.63. The summed E-state index contributed by atoms with van der Waals surface area (Å²) in [7, 11) is 1.65. The van der Waals surface area contributed by atoms with Gasteiger partial charge in [-0.1, -0.05) is 0 Å². The molecule has 2 aromatic rings. The van der Waals surface area contributed by atoms with Crippen molar-refractivity contribution in [1.29, 1.82) is 5.26 Å². The molecule has 0 fully saturated rings. The molecule has 19 heavy (non-hydrogen) atoms. The van der Waals surface area contributed by atoms with E-state index < -0.39 is 5.82 Å². The largest absolute Gasteiger partial charge is 0.396 e. The lowest BCUT2D eigenvalue weighted by Crippen LogP contribution is -2.02. The van der Waals surface area contributed by atoms with Crippen molar-refractivity contribution < 1.29 is 9.18 Å². The molecule has 1 aromatic carbocycles. The summed E-state index contributed by atoms with van der Waals surface area (Å²) in [5.41, 5.74) is 6.57. The molecule has 0 atom stereocenters. The van der Waals surface area contributed by atoms with Crippen molar-refractivity contribution in [2.45, 2.75) is 0 Å². The summed E-state index contributed by atoms with van der Waals surface area (Å²) in [6.45, 7) is 0. The predicted octanol–water partition coefficient (Wildman–Crippen LogP) is 2.61. The molecule has 4 nitrogen and oxygen atoms in total. The minimum Gasteiger partial charge on any atom is -0.396 e. The Morgan fingerprint density at radius 3 is 2.53 bits per heavy atom. The summed E-state index contributed by atoms with van der Waals surface area (Å²) >= 11 is 1.12. The summed E-state index contributed by atoms with van der Waals surface area (Å²) in [5.74, 6) is -0.732. The molecule has 3 N–H and O–H groups in total. The van der Waals surface area contributed by atoms with Gasteiger partial charge in [-0.25, -0.2) is 4.39 Å². The molecule has 0 bridgehead atoms. The van der Waals surface area contributed by atoms with Crippen LogP contribution in [0.4, 0.5) is 15.1 Å². The summed E-state index contributed by atoms with van der Waals surface area (Å²) < 4.78 is 12.8. The molecular weight excluding hydrogens is 265 g/mol. The second-order valence-electron chi connectivity index (χ2n) is 3.75. The highest BCUT2D eigenvalue weighted by molar-refractivity contribution is 7.19. The van der Waals surface area contributed by atoms with Gasteiger partial charge in [-0.05, 0) is 24.3 Å². The van der Waals surface area contributed by atoms with E-state index in [1.54, 1.807) is 7.05 Å². The lowest BCUT2D eigenvalue weighted by atomic mass is 10.1. The number of benzene rings is 1. The Bertz CT molecular complexity index is 670. The van der Waals surface area contributed by atoms with Gasteiger partial charge in [0.1, 0.15) is 27.3 Å². The van der Waals surface area contributed by atoms with Crippen molar-refractivity contribution in [2.24, 2.45) is 0 Å². The number of halogens is 1. The van der Waals surface area contributed by atoms with Gasteiger partial charge in [0, 0.05) is 12.6 Å². The van der Waals surface area contributed by atoms with Crippen LogP contribution in [0.3, 0.4) is 0 Å². The number of thiophene rings is 1. The number of nitrogen functional groups attached to an aromatic ring is 1. The van der Waals surface area contributed by atoms with E-state index in [0.717, 1.165) is 11.3 Å². The minimum absolute atomic E-state index is 0.158. The van der Waals surface area contributed by atoms with Crippen LogP contribution in [0.2, 0.25) is 0 Å². The number of hydrogen-bond acceptors (Lipinski definition) is 5. The first-order valence-electron chi connectivity index (χ1n) is 5.39. The lowest BCUT2D eigenvalue weighted by molar-refractivity contribution is 0.104. The highest BCUT2D eigenvalue weighted by Gasteiger charge is 2.21. The van der Waals surface area contributed by atoms with E-state index in [0.29, 0.717) is 10.6 Å². The van der Waals surface area contributed by atoms with E-state index in [2.05, 4.69) is 5.32 Å². The molecule has 0 spiro atoms. The highest BCUT2D eigenvalue weighted by Crippen LogP contribution is 2.36. The second-order valence-corrected chi connectivity index (χ2v) is 4.77. The van der Waals surface area contributed by atoms with Crippen molar-refractivity contribution >= 4 is 27.8 Å². The molecule has 0 unspecified atom stereocenters. The zero-order chi connectivity index (χ0) is 14.0. The van der Waals surface area contributed by atoms with Crippen LogP contribution in [0.25, 0.3) is 0 Å². The molecule has 0 saturated heterocycles. The number of nitriles is 1. The molecule has 0 amide bonds. The zero-order valence-electron chi connectivity index (χ0n) is 10.0. The van der Waals surface area contributed by atoms with Gasteiger partial charge < -0.3 is 11.1 Å². The highest BCUT2D eigenvalue weighted by atomic mass is 32.1. The van der Waals surface area contributed by atoms with E-state index in [-0.39, 0.29) is 21.9 Å². The van der Waals surface area contributed by atoms with Gasteiger partial charge in [0.15, 0.2) is 0 Å². The first kappa shape index (κ1) is 13.1. The van der Waals surface area contributed by atoms with E-state index in [1.807, 2.05) is 6.07 Å². The summed E-state index contributed by atoms with van der Waals surface area (Å²) in [6.07, 6.45) is 0. The van der Waals surface area contributed by atoms with Crippen LogP contribution in [0, 0.1) is 17.1 Å². The van der Waals surface area contributed by atoms with Crippen molar-refractivity contribution in [1.82, 2.24) is 0 Å². The number of nitrogens with two attached hydrogens (primary N) is 1. The normalized spacial score (nSPS) is 9.95. The van der Waals surface area contributed by atoms with Gasteiger partial charge in [0.05, 0.1) is 5.69 Å². The number of carbonyl (C=O) groups excluding carboxylic acids is 1. The molecule has 6 heteroatoms. The zero-order valence-corrected chi connectivity index (χ0v) is 10.8. The Hall–Kier alpha value is -2.39. The molecule has 0 radical (unpaired) electrons. The number of carbonyl (C=O) groups is 1. The lowest BCUT2D eigenvalue weighted by Gasteiger charge is -1.99. The van der Waals surface area contributed by atoms with E-state index >= 15 is 0 Å². The van der Waals surface area contributed by atoms with Gasteiger partial charge >= 0.3 is 0 Å². The first-order chi connectivity index (χ1) is 9.08. The molecule has 2 rings (SSSR count). The first-order valence-corrected chi connectivity index (χ1v) is 6.20. The van der Waals surface area contributed by atoms with Crippen molar-refractivity contribution in [3.05, 3.63) is 46.1 Å². The number of hydrogen-bond donors (Lipinski definition) is 2. The summed E-state index contributed by atoms with van der Waals surface area (Å²) in [5, 5.41) is 12.4. The monoisotopic (exact) mass is 275 g/mol. The molecular formula is C13H10FN3OS. The Kier molecular flexibility index (Phi) is 3.49. The Labute approximate surface area is 113 Å². The van der Waals surface area contributed by atoms with Gasteiger partial charge in [-0.3, -0.25) is 4.79 Å². The smallest absolute Gasteiger partial charge is 0.205 e. The van der Waals surface area contributed by atoms with E-state index in [4.69, 9.17) is 11.0 Å². The number of ketones is 1. The third-order valence-electron chi connectivity index (χ3n) is 2.60. The molecule has 96 valence electrons. The number of nitrogens with zero attached hydrogens (tertiary/aromatic N) is 1. The Morgan fingerprint density at radius 2 is 2.05 bits per heavy atom. The number of rotatable bonds is 3. The third kappa shape index (κ3) is 2.28. The molecule has 0 saturated carbocycles. The fraction of sp³-hybridized carbons (Fsp3) is 0.0769. The van der Waals surface area contributed by atoms with Crippen LogP contribution in [0.15, 0.2) is 24.3 Å². The van der Waals surface area contributed by atoms with Crippen molar-refractivity contribution in [2.75, 3.05) is 18.1 Å². The standard InChI is InChI=1S/C13H10FN3OS/c1-17-13-9(6-15)10(16)12(19-13)11(18)7-2-4-8(14)5-3-7/h2-5,17H,16H2,1H3. The van der Waals surface area contributed by atoms with Crippen LogP contribution in [-0.2, 0) is 0 Å². The van der Waals surface area contributed by atoms with Gasteiger partial charge in [-0.2, -0.15) is 5.26 Å². The van der Waals surface area contributed by atoms with Crippen molar-refractivity contribution in [3.8, 4) is 6.07 Å². The van der Waals surface area contributed by atoms with Crippen molar-refractivity contribution in [3.63, 3.8) is 0 Å². The Morgan fingerprint density at radius 1 is 1.42 bits per heavy atom. The van der Waals surface area contributed by atoms with Crippen LogP contribution in [-0.4, -0.2) is 12.8 Å². The maximum atomic E-state index is 12.8. The van der Waals surface area contributed by atoms with E-state index in [9.17, 15) is 9.18 Å². The van der Waals surface area contributed by atoms with Crippen LogP contribution >= 0.6 is 11.3 Å². The second kappa shape index (κ2) is 5.08. The molecule has 0 aliphatic rings. The van der Waals surface area contributed by atoms with E-state index in [1.165, 1.54) is 24.3 Å². The quantitative estimate of drug-likeness (QED) is 0.844. The van der Waals surface area contributed by atoms with Crippen LogP contribution < -0.4 is 11.1 Å². The minimum atomic E-state index is -0.413. The summed E-state index contributed by atoms with van der Waals surface area (Å²) in [4.78, 5) is 12.5. The molecule has 0 aliphatic heterocycles. The molecule has 0 aliphatic carbocycles. The maximum absolute atomic E-state index is 12.8. The van der Waals surface area contributed by atoms with Gasteiger partial charge in [0.2, 0.25) is 5.78 Å². The van der Waals surface area contributed by atoms with Crippen LogP contribution in [0.5, 0.6) is 0 Å². The maximum Gasteiger partial charge on any atom is 0.205 e. The SMILES string of the molecule is CNc1sc(C(=O)c2ccc(F)cc2)c(N)c1C#N. The van der Waals surface area contributed by atoms with Gasteiger partial charge in [0.25, 0.3) is 0 Å². The molecule has 1 aromatic heterocycles. The topological polar surface area (TPSA) is 78.9 Å². The van der Waals surface area contributed by atoms with Gasteiger partial charge in [-0.15, -0.1) is 11.3 Å². The average molecular weight is 275 g/mol. The number of anilines is 2. The third-order valence-corrected chi connectivity index (χ3v) is 3.82. The number of nitrogens with one attached hydrogen (secondary N) is 1.